The van der Waals surface area contributed by atoms with Crippen LogP contribution in [0.1, 0.15) is 106 Å². The average molecular weight is 1920 g/mol. The molecule has 22 nitrogen and oxygen atoms in total. The van der Waals surface area contributed by atoms with Crippen LogP contribution < -0.4 is 33.7 Å². The van der Waals surface area contributed by atoms with Gasteiger partial charge in [-0.05, 0) is 95.6 Å². The van der Waals surface area contributed by atoms with Gasteiger partial charge in [0.1, 0.15) is 62.1 Å². The molecule has 21 rings (SSSR count). The lowest BCUT2D eigenvalue weighted by Crippen LogP contribution is -2.60. The fourth-order valence-electron chi connectivity index (χ4n) is 21.1. The molecule has 0 radical (unpaired) electrons. The van der Waals surface area contributed by atoms with E-state index in [2.05, 4.69) is 68.1 Å². The topological polar surface area (TPSA) is 305 Å². The second-order valence-corrected chi connectivity index (χ2v) is 36.6. The Morgan fingerprint density at radius 2 is 0.719 bits per heavy atom. The molecule has 3 spiro atoms. The molecule has 3 unspecified atom stereocenters. The molecule has 632 valence electrons. The summed E-state index contributed by atoms with van der Waals surface area (Å²) in [7, 11) is 4.05. The third-order valence-electron chi connectivity index (χ3n) is 27.2. The van der Waals surface area contributed by atoms with Crippen molar-refractivity contribution >= 4 is 100 Å². The van der Waals surface area contributed by atoms with Crippen molar-refractivity contribution in [2.75, 3.05) is 41.0 Å². The van der Waals surface area contributed by atoms with E-state index >= 15 is 0 Å². The number of alkyl halides is 6. The molecule has 121 heavy (non-hydrogen) atoms. The van der Waals surface area contributed by atoms with Crippen molar-refractivity contribution in [2.45, 2.75) is 143 Å². The highest BCUT2D eigenvalue weighted by atomic mass is 79.9. The fourth-order valence-corrected chi connectivity index (χ4v) is 22.5. The van der Waals surface area contributed by atoms with Gasteiger partial charge in [0.2, 0.25) is 29.5 Å². The van der Waals surface area contributed by atoms with Crippen LogP contribution in [-0.2, 0) is 48.0 Å². The number of halogens is 12. The highest BCUT2D eigenvalue weighted by Crippen LogP contribution is 2.76. The summed E-state index contributed by atoms with van der Waals surface area (Å²) in [6.07, 6.45) is -5.04. The van der Waals surface area contributed by atoms with E-state index in [9.17, 15) is 76.5 Å². The van der Waals surface area contributed by atoms with Gasteiger partial charge < -0.3 is 79.3 Å². The summed E-state index contributed by atoms with van der Waals surface area (Å²) in [4.78, 5) is 56.0. The third kappa shape index (κ3) is 11.6. The van der Waals surface area contributed by atoms with E-state index in [4.69, 9.17) is 63.2 Å². The zero-order valence-electron chi connectivity index (χ0n) is 64.0. The molecule has 6 aliphatic heterocycles. The van der Waals surface area contributed by atoms with Crippen LogP contribution in [0, 0.1) is 17.8 Å². The zero-order valence-corrected chi connectivity index (χ0v) is 71.0. The average Bonchev–Trinajstić information content (AvgIpc) is 1.47. The number of ether oxygens (including phenoxy) is 6. The molecule has 2 amide bonds. The molecular weight excluding hydrogens is 1850 g/mol. The number of aromatic nitrogens is 3. The number of carbonyl (C=O) groups is 3. The lowest BCUT2D eigenvalue weighted by molar-refractivity contribution is -0.164. The molecule has 9 heterocycles. The summed E-state index contributed by atoms with van der Waals surface area (Å²) in [6, 6.07) is 51.9. The van der Waals surface area contributed by atoms with Gasteiger partial charge in [0, 0.05) is 81.7 Å². The van der Waals surface area contributed by atoms with Gasteiger partial charge in [-0.3, -0.25) is 14.4 Å². The number of aliphatic hydroxyl groups is 6. The number of carboxylic acid groups (broad SMARTS) is 1. The van der Waals surface area contributed by atoms with E-state index in [1.165, 1.54) is 49.3 Å². The highest BCUT2D eigenvalue weighted by Gasteiger charge is 2.86. The summed E-state index contributed by atoms with van der Waals surface area (Å²) in [5.74, 6) is -17.7. The molecule has 0 bridgehead atoms. The van der Waals surface area contributed by atoms with Crippen molar-refractivity contribution in [2.24, 2.45) is 17.8 Å². The van der Waals surface area contributed by atoms with E-state index in [-0.39, 0.29) is 99.4 Å². The van der Waals surface area contributed by atoms with E-state index in [0.717, 1.165) is 20.0 Å². The van der Waals surface area contributed by atoms with Gasteiger partial charge in [-0.2, -0.15) is 0 Å². The Morgan fingerprint density at radius 3 is 0.934 bits per heavy atom. The van der Waals surface area contributed by atoms with Gasteiger partial charge in [-0.1, -0.05) is 210 Å². The Balaban J connectivity index is 0.000000119. The largest absolute Gasteiger partial charge is 0.481 e. The standard InChI is InChI=1S/2C29H24BrClF2N2O5.C24H19BrClNO6.C5H7F2N/c2*1-39-24-22-18(13-19(31)34-24)40-29(16-7-9-17(30)10-8-16)21(15-5-3-2-4-6-15)20(23(36)28(22,29)38)25(37)35-12-11-26(35)14-27(26,32)33;1-32-21-19-15(11-16(26)27-21)33-24(13-7-9-14(25)10-8-13)18(12-5-3-2-4-6-12)17(22(29)30)20(28)23(19,24)31;6-5(7)3-4(5)1-2-8-4/h2*2-10,13,20-21,23,36,38H,11-12,14H2,1H3;2-11,17-18,20,28,31H,1H3,(H,29,30);8H,1-3H2/t2*20-,21-,23-,26?,28+,29+;17-,18-,20-,23+,24+;/m111./s1. The monoisotopic (exact) mass is 1910 g/mol. The Morgan fingerprint density at radius 1 is 0.446 bits per heavy atom. The molecule has 6 aromatic carbocycles. The number of methoxy groups -OCH3 is 3. The number of aliphatic carboxylic acids is 1. The number of nitrogens with zero attached hydrogens (tertiary/aromatic N) is 5. The van der Waals surface area contributed by atoms with Gasteiger partial charge in [0.25, 0.3) is 17.8 Å². The normalized spacial score (nSPS) is 34.2. The summed E-state index contributed by atoms with van der Waals surface area (Å²) in [6.45, 7) is 1.05. The number of aliphatic hydroxyl groups excluding tert-OH is 3. The predicted octanol–water partition coefficient (Wildman–Crippen LogP) is 14.1. The number of hydrogen-bond acceptors (Lipinski definition) is 19. The SMILES string of the molecule is COc1nc(Cl)cc2c1[C@]1(O)[C@H](O)[C@H](C(=O)N3CCC34CC4(F)F)[C@@H](c3ccccc3)[C@]1(c1ccc(Br)cc1)O2.COc1nc(Cl)cc2c1[C@]1(O)[C@H](O)[C@H](C(=O)N3CCC34CC4(F)F)[C@@H](c3ccccc3)[C@]1(c1ccc(Br)cc1)O2.COc1nc(Cl)cc2c1[C@]1(O)[C@H](O)[C@H](C(=O)O)[C@@H](c3ccccc3)[C@]1(c1ccc(Br)cc1)O2.FC1(F)CC12CCN2. The van der Waals surface area contributed by atoms with E-state index in [1.807, 2.05) is 0 Å². The summed E-state index contributed by atoms with van der Waals surface area (Å²) >= 11 is 29.0. The Bertz CT molecular complexity index is 5460. The molecule has 6 aliphatic carbocycles. The van der Waals surface area contributed by atoms with Gasteiger partial charge >= 0.3 is 5.97 Å². The molecule has 8 N–H and O–H groups in total. The lowest BCUT2D eigenvalue weighted by atomic mass is 9.70. The van der Waals surface area contributed by atoms with Crippen LogP contribution in [0.3, 0.4) is 0 Å². The summed E-state index contributed by atoms with van der Waals surface area (Å²) in [5.41, 5.74) is -12.5. The molecule has 9 aromatic rings. The van der Waals surface area contributed by atoms with Crippen molar-refractivity contribution in [3.05, 3.63) is 261 Å². The second kappa shape index (κ2) is 28.8. The first kappa shape index (κ1) is 83.5. The van der Waals surface area contributed by atoms with Gasteiger partial charge in [-0.25, -0.2) is 41.3 Å². The molecule has 3 saturated heterocycles. The summed E-state index contributed by atoms with van der Waals surface area (Å²) < 4.78 is 121. The smallest absolute Gasteiger partial charge is 0.310 e. The summed E-state index contributed by atoms with van der Waals surface area (Å²) in [5, 5.41) is 86.9. The molecule has 9 fully saturated rings. The van der Waals surface area contributed by atoms with Crippen LogP contribution in [0.5, 0.6) is 34.9 Å². The van der Waals surface area contributed by atoms with Crippen LogP contribution in [-0.4, -0.2) is 172 Å². The number of amides is 2. The van der Waals surface area contributed by atoms with Crippen LogP contribution in [0.2, 0.25) is 15.5 Å². The van der Waals surface area contributed by atoms with E-state index in [0.29, 0.717) is 39.8 Å². The molecule has 34 heteroatoms. The number of pyridine rings is 3. The quantitative estimate of drug-likeness (QED) is 0.0416. The van der Waals surface area contributed by atoms with Crippen molar-refractivity contribution in [1.82, 2.24) is 30.1 Å². The number of carboxylic acids is 1. The number of fused-ring (bicyclic) bond motifs is 9. The first-order valence-electron chi connectivity index (χ1n) is 38.7. The maximum Gasteiger partial charge on any atom is 0.310 e. The lowest BCUT2D eigenvalue weighted by Gasteiger charge is -2.45. The third-order valence-corrected chi connectivity index (χ3v) is 29.3. The minimum atomic E-state index is -2.99. The maximum atomic E-state index is 14.5. The maximum absolute atomic E-state index is 14.5. The van der Waals surface area contributed by atoms with Gasteiger partial charge in [-0.15, -0.1) is 0 Å². The minimum Gasteiger partial charge on any atom is -0.481 e. The van der Waals surface area contributed by atoms with Crippen molar-refractivity contribution in [3.63, 3.8) is 0 Å². The Kier molecular flexibility index (Phi) is 19.9. The number of nitrogens with one attached hydrogen (secondary N) is 1. The first-order valence-corrected chi connectivity index (χ1v) is 42.2. The number of rotatable bonds is 12. The van der Waals surface area contributed by atoms with Crippen LogP contribution in [0.4, 0.5) is 26.3 Å². The van der Waals surface area contributed by atoms with E-state index < -0.39 is 152 Å². The number of carbonyl (C=O) groups excluding carboxylic acids is 2. The first-order chi connectivity index (χ1) is 57.4. The number of hydrogen-bond donors (Lipinski definition) is 8. The van der Waals surface area contributed by atoms with Crippen molar-refractivity contribution in [1.29, 1.82) is 0 Å². The predicted molar refractivity (Wildman–Crippen MR) is 434 cm³/mol. The molecule has 3 aromatic heterocycles. The molecular formula is C87H74Br3Cl3F6N6O16. The van der Waals surface area contributed by atoms with Crippen LogP contribution >= 0.6 is 82.6 Å². The fraction of sp³-hybridized carbons (Fsp3) is 0.379. The van der Waals surface area contributed by atoms with Crippen LogP contribution in [0.25, 0.3) is 0 Å². The van der Waals surface area contributed by atoms with Crippen molar-refractivity contribution in [3.8, 4) is 34.9 Å². The van der Waals surface area contributed by atoms with Gasteiger partial charge in [0.05, 0.1) is 61.3 Å². The number of likely N-dealkylation sites (tertiary alicyclic amines) is 2. The van der Waals surface area contributed by atoms with Gasteiger partial charge in [0.15, 0.2) is 33.6 Å². The zero-order chi connectivity index (χ0) is 85.9. The molecule has 6 saturated carbocycles. The highest BCUT2D eigenvalue weighted by molar-refractivity contribution is 9.11. The van der Waals surface area contributed by atoms with Crippen LogP contribution in [0.15, 0.2) is 195 Å². The molecule has 12 aliphatic rings. The Hall–Kier alpha value is -8.41. The molecule has 18 atom stereocenters. The minimum absolute atomic E-state index is 0.0427. The van der Waals surface area contributed by atoms with E-state index in [1.54, 1.807) is 164 Å². The number of benzene rings is 6. The Labute approximate surface area is 727 Å². The second-order valence-electron chi connectivity index (χ2n) is 32.7. The van der Waals surface area contributed by atoms with Crippen molar-refractivity contribution < 1.29 is 105 Å².